The quantitative estimate of drug-likeness (QED) is 0.162. The minimum atomic E-state index is 0.617. The second-order valence-electron chi connectivity index (χ2n) is 8.96. The second-order valence-corrected chi connectivity index (χ2v) is 9.40. The molecule has 1 aromatic heterocycles. The van der Waals surface area contributed by atoms with Crippen LogP contribution < -0.4 is 14.8 Å². The van der Waals surface area contributed by atoms with E-state index in [4.69, 9.17) is 26.1 Å². The molecule has 208 valence electrons. The summed E-state index contributed by atoms with van der Waals surface area (Å²) in [4.78, 5) is 5.00. The Kier molecular flexibility index (Phi) is 12.9. The number of halogens is 1. The van der Waals surface area contributed by atoms with Crippen molar-refractivity contribution in [3.05, 3.63) is 95.4 Å². The van der Waals surface area contributed by atoms with Crippen molar-refractivity contribution < 1.29 is 9.47 Å². The molecule has 0 aliphatic carbocycles. The number of hydrogen-bond acceptors (Lipinski definition) is 4. The topological polar surface area (TPSA) is 48.3 Å². The predicted octanol–water partition coefficient (Wildman–Crippen LogP) is 8.17. The number of imidazole rings is 1. The maximum Gasteiger partial charge on any atom is 0.119 e. The lowest BCUT2D eigenvalue weighted by Crippen LogP contribution is -2.20. The van der Waals surface area contributed by atoms with E-state index in [0.29, 0.717) is 13.2 Å². The van der Waals surface area contributed by atoms with Gasteiger partial charge in [0.25, 0.3) is 0 Å². The van der Waals surface area contributed by atoms with E-state index in [1.165, 1.54) is 5.56 Å². The number of hydrogen-bond donors (Lipinski definition) is 1. The number of aryl methyl sites for hydroxylation is 1. The summed E-state index contributed by atoms with van der Waals surface area (Å²) < 4.78 is 14.0. The first-order valence-electron chi connectivity index (χ1n) is 14.2. The lowest BCUT2D eigenvalue weighted by molar-refractivity contribution is 0.315. The van der Waals surface area contributed by atoms with Gasteiger partial charge in [0.2, 0.25) is 0 Å². The molecule has 0 spiro atoms. The molecule has 4 rings (SSSR count). The Morgan fingerprint density at radius 3 is 2.08 bits per heavy atom. The van der Waals surface area contributed by atoms with Crippen LogP contribution in [0.25, 0.3) is 16.9 Å². The van der Waals surface area contributed by atoms with E-state index in [1.807, 2.05) is 62.4 Å². The lowest BCUT2D eigenvalue weighted by Gasteiger charge is -2.10. The van der Waals surface area contributed by atoms with E-state index < -0.39 is 0 Å². The summed E-state index contributed by atoms with van der Waals surface area (Å²) in [7, 11) is 0. The van der Waals surface area contributed by atoms with Crippen LogP contribution in [0, 0.1) is 0 Å². The molecule has 0 unspecified atom stereocenters. The minimum absolute atomic E-state index is 0.617. The Hall–Kier alpha value is -3.28. The Balaban J connectivity index is 0.00000205. The zero-order valence-electron chi connectivity index (χ0n) is 23.8. The standard InChI is InChI=1S/C31H36ClN3O2.C2H6/c1-3-5-6-31-34-30(23-35(31)27-13-17-29(18-14-27)37-22-20-33-4-2)25-9-15-28(16-10-25)36-21-19-24-7-11-26(32)12-8-24;1-2/h7-18,23,33H,3-6,19-22H2,1-2H3;1-2H3. The first-order chi connectivity index (χ1) is 19.2. The van der Waals surface area contributed by atoms with Gasteiger partial charge in [-0.25, -0.2) is 4.98 Å². The van der Waals surface area contributed by atoms with Crippen LogP contribution in [0.5, 0.6) is 11.5 Å². The first kappa shape index (κ1) is 30.3. The van der Waals surface area contributed by atoms with E-state index in [1.54, 1.807) is 0 Å². The van der Waals surface area contributed by atoms with Gasteiger partial charge in [0.15, 0.2) is 0 Å². The van der Waals surface area contributed by atoms with Crippen molar-refractivity contribution in [1.82, 2.24) is 14.9 Å². The summed E-state index contributed by atoms with van der Waals surface area (Å²) in [5.74, 6) is 2.80. The van der Waals surface area contributed by atoms with Crippen molar-refractivity contribution >= 4 is 11.6 Å². The summed E-state index contributed by atoms with van der Waals surface area (Å²) in [6, 6.07) is 24.3. The van der Waals surface area contributed by atoms with Crippen molar-refractivity contribution in [2.45, 2.75) is 53.4 Å². The third-order valence-electron chi connectivity index (χ3n) is 6.17. The largest absolute Gasteiger partial charge is 0.493 e. The summed E-state index contributed by atoms with van der Waals surface area (Å²) in [5, 5.41) is 4.03. The Morgan fingerprint density at radius 1 is 0.795 bits per heavy atom. The predicted molar refractivity (Wildman–Crippen MR) is 164 cm³/mol. The zero-order valence-corrected chi connectivity index (χ0v) is 24.5. The van der Waals surface area contributed by atoms with Gasteiger partial charge in [-0.05, 0) is 79.2 Å². The molecular formula is C33H42ClN3O2. The van der Waals surface area contributed by atoms with Crippen LogP contribution in [0.15, 0.2) is 79.0 Å². The van der Waals surface area contributed by atoms with Gasteiger partial charge in [-0.2, -0.15) is 0 Å². The average molecular weight is 548 g/mol. The highest BCUT2D eigenvalue weighted by Crippen LogP contribution is 2.26. The molecule has 0 atom stereocenters. The summed E-state index contributed by atoms with van der Waals surface area (Å²) in [5.41, 5.74) is 4.33. The number of rotatable bonds is 14. The molecule has 1 heterocycles. The highest BCUT2D eigenvalue weighted by molar-refractivity contribution is 6.30. The van der Waals surface area contributed by atoms with E-state index in [9.17, 15) is 0 Å². The first-order valence-corrected chi connectivity index (χ1v) is 14.5. The zero-order chi connectivity index (χ0) is 27.9. The van der Waals surface area contributed by atoms with Crippen molar-refractivity contribution in [3.63, 3.8) is 0 Å². The fraction of sp³-hybridized carbons (Fsp3) is 0.364. The smallest absolute Gasteiger partial charge is 0.119 e. The molecule has 1 N–H and O–H groups in total. The third-order valence-corrected chi connectivity index (χ3v) is 6.42. The Morgan fingerprint density at radius 2 is 1.44 bits per heavy atom. The molecule has 39 heavy (non-hydrogen) atoms. The number of likely N-dealkylation sites (N-methyl/N-ethyl adjacent to an activating group) is 1. The van der Waals surface area contributed by atoms with Gasteiger partial charge in [0.1, 0.15) is 23.9 Å². The van der Waals surface area contributed by atoms with Gasteiger partial charge in [-0.15, -0.1) is 0 Å². The molecule has 0 aliphatic rings. The maximum atomic E-state index is 5.96. The average Bonchev–Trinajstić information content (AvgIpc) is 3.41. The number of nitrogens with zero attached hydrogens (tertiary/aromatic N) is 2. The SMILES string of the molecule is CC.CCCCc1nc(-c2ccc(OCCc3ccc(Cl)cc3)cc2)cn1-c1ccc(OCCNCC)cc1. The van der Waals surface area contributed by atoms with Crippen LogP contribution in [0.4, 0.5) is 0 Å². The normalized spacial score (nSPS) is 10.6. The number of nitrogens with one attached hydrogen (secondary N) is 1. The van der Waals surface area contributed by atoms with Gasteiger partial charge >= 0.3 is 0 Å². The van der Waals surface area contributed by atoms with E-state index in [2.05, 4.69) is 54.2 Å². The van der Waals surface area contributed by atoms with Crippen LogP contribution in [0.1, 0.15) is 51.9 Å². The molecule has 3 aromatic carbocycles. The lowest BCUT2D eigenvalue weighted by atomic mass is 10.1. The molecular weight excluding hydrogens is 506 g/mol. The van der Waals surface area contributed by atoms with E-state index >= 15 is 0 Å². The highest BCUT2D eigenvalue weighted by atomic mass is 35.5. The van der Waals surface area contributed by atoms with Gasteiger partial charge < -0.3 is 19.4 Å². The molecule has 0 radical (unpaired) electrons. The molecule has 0 bridgehead atoms. The fourth-order valence-electron chi connectivity index (χ4n) is 4.07. The number of unbranched alkanes of at least 4 members (excludes halogenated alkanes) is 1. The maximum absolute atomic E-state index is 5.96. The summed E-state index contributed by atoms with van der Waals surface area (Å²) in [6.45, 7) is 11.4. The van der Waals surface area contributed by atoms with Gasteiger partial charge in [0, 0.05) is 41.9 Å². The molecule has 0 saturated heterocycles. The van der Waals surface area contributed by atoms with Crippen molar-refractivity contribution in [3.8, 4) is 28.4 Å². The Bertz CT molecular complexity index is 1220. The number of benzene rings is 3. The molecule has 0 aliphatic heterocycles. The van der Waals surface area contributed by atoms with Crippen LogP contribution in [0.2, 0.25) is 5.02 Å². The molecule has 0 amide bonds. The van der Waals surface area contributed by atoms with Gasteiger partial charge in [0.05, 0.1) is 12.3 Å². The summed E-state index contributed by atoms with van der Waals surface area (Å²) >= 11 is 5.96. The molecule has 0 saturated carbocycles. The number of ether oxygens (including phenoxy) is 2. The van der Waals surface area contributed by atoms with Gasteiger partial charge in [-0.3, -0.25) is 0 Å². The van der Waals surface area contributed by atoms with Crippen molar-refractivity contribution in [1.29, 1.82) is 0 Å². The third kappa shape index (κ3) is 9.45. The van der Waals surface area contributed by atoms with E-state index in [0.717, 1.165) is 78.1 Å². The minimum Gasteiger partial charge on any atom is -0.493 e. The Labute approximate surface area is 239 Å². The molecule has 4 aromatic rings. The van der Waals surface area contributed by atoms with Crippen LogP contribution in [0.3, 0.4) is 0 Å². The monoisotopic (exact) mass is 547 g/mol. The number of aromatic nitrogens is 2. The van der Waals surface area contributed by atoms with Crippen LogP contribution in [-0.4, -0.2) is 35.9 Å². The molecule has 0 fully saturated rings. The fourth-order valence-corrected chi connectivity index (χ4v) is 4.20. The molecule has 5 nitrogen and oxygen atoms in total. The second kappa shape index (κ2) is 16.6. The van der Waals surface area contributed by atoms with Crippen molar-refractivity contribution in [2.24, 2.45) is 0 Å². The highest BCUT2D eigenvalue weighted by Gasteiger charge is 2.12. The van der Waals surface area contributed by atoms with E-state index in [-0.39, 0.29) is 0 Å². The van der Waals surface area contributed by atoms with Crippen molar-refractivity contribution in [2.75, 3.05) is 26.3 Å². The van der Waals surface area contributed by atoms with Crippen LogP contribution >= 0.6 is 11.6 Å². The molecule has 6 heteroatoms. The van der Waals surface area contributed by atoms with Crippen LogP contribution in [-0.2, 0) is 12.8 Å². The van der Waals surface area contributed by atoms with Gasteiger partial charge in [-0.1, -0.05) is 57.8 Å². The summed E-state index contributed by atoms with van der Waals surface area (Å²) in [6.07, 6.45) is 6.13.